The molecular formula is C17H22BrN3O2. The largest absolute Gasteiger partial charge is 0.369 e. The van der Waals surface area contributed by atoms with Crippen molar-refractivity contribution in [1.29, 1.82) is 0 Å². The van der Waals surface area contributed by atoms with Gasteiger partial charge < -0.3 is 11.1 Å². The molecule has 0 unspecified atom stereocenters. The molecular weight excluding hydrogens is 358 g/mol. The fourth-order valence-electron chi connectivity index (χ4n) is 3.34. The molecule has 2 fully saturated rings. The molecule has 3 rings (SSSR count). The zero-order valence-corrected chi connectivity index (χ0v) is 14.6. The number of nitrogens with zero attached hydrogens (tertiary/aromatic N) is 1. The third-order valence-electron chi connectivity index (χ3n) is 4.86. The first-order chi connectivity index (χ1) is 11.0. The molecule has 0 radical (unpaired) electrons. The van der Waals surface area contributed by atoms with Crippen LogP contribution in [0, 0.1) is 0 Å². The first-order valence-corrected chi connectivity index (χ1v) is 8.86. The normalized spacial score (nSPS) is 20.9. The highest BCUT2D eigenvalue weighted by Gasteiger charge is 2.51. The van der Waals surface area contributed by atoms with Crippen LogP contribution in [0.4, 0.5) is 0 Å². The number of piperidine rings is 1. The molecule has 2 amide bonds. The summed E-state index contributed by atoms with van der Waals surface area (Å²) < 4.78 is 1.01. The molecule has 0 atom stereocenters. The van der Waals surface area contributed by atoms with Gasteiger partial charge in [-0.2, -0.15) is 0 Å². The number of rotatable bonds is 5. The smallest absolute Gasteiger partial charge is 0.231 e. The van der Waals surface area contributed by atoms with Crippen LogP contribution in [-0.4, -0.2) is 42.4 Å². The minimum Gasteiger partial charge on any atom is -0.369 e. The van der Waals surface area contributed by atoms with Gasteiger partial charge in [-0.1, -0.05) is 28.1 Å². The van der Waals surface area contributed by atoms with Crippen LogP contribution in [0.3, 0.4) is 0 Å². The lowest BCUT2D eigenvalue weighted by molar-refractivity contribution is -0.125. The molecule has 1 aromatic rings. The van der Waals surface area contributed by atoms with E-state index in [-0.39, 0.29) is 23.3 Å². The van der Waals surface area contributed by atoms with Crippen LogP contribution < -0.4 is 11.1 Å². The number of carbonyl (C=O) groups is 2. The van der Waals surface area contributed by atoms with Crippen LogP contribution in [0.2, 0.25) is 0 Å². The Kier molecular flexibility index (Phi) is 4.73. The second kappa shape index (κ2) is 6.61. The Labute approximate surface area is 144 Å². The predicted octanol–water partition coefficient (Wildman–Crippen LogP) is 1.55. The lowest BCUT2D eigenvalue weighted by Gasteiger charge is -2.32. The van der Waals surface area contributed by atoms with E-state index in [2.05, 4.69) is 21.2 Å². The summed E-state index contributed by atoms with van der Waals surface area (Å²) in [6.07, 6.45) is 3.56. The van der Waals surface area contributed by atoms with E-state index in [1.54, 1.807) is 0 Å². The molecule has 1 aliphatic heterocycles. The average molecular weight is 380 g/mol. The molecule has 5 nitrogen and oxygen atoms in total. The number of halogens is 1. The number of likely N-dealkylation sites (tertiary alicyclic amines) is 1. The molecule has 23 heavy (non-hydrogen) atoms. The number of hydrogen-bond donors (Lipinski definition) is 2. The highest BCUT2D eigenvalue weighted by Crippen LogP contribution is 2.49. The maximum Gasteiger partial charge on any atom is 0.231 e. The second-order valence-electron chi connectivity index (χ2n) is 6.58. The molecule has 0 spiro atoms. The number of carbonyl (C=O) groups excluding carboxylic acids is 2. The van der Waals surface area contributed by atoms with Gasteiger partial charge in [0.05, 0.1) is 12.0 Å². The molecule has 1 saturated heterocycles. The number of hydrogen-bond acceptors (Lipinski definition) is 3. The van der Waals surface area contributed by atoms with Gasteiger partial charge in [0, 0.05) is 23.6 Å². The van der Waals surface area contributed by atoms with Crippen molar-refractivity contribution in [2.24, 2.45) is 5.73 Å². The fourth-order valence-corrected chi connectivity index (χ4v) is 3.74. The lowest BCUT2D eigenvalue weighted by atomic mass is 9.94. The summed E-state index contributed by atoms with van der Waals surface area (Å²) in [4.78, 5) is 25.8. The molecule has 1 aliphatic carbocycles. The van der Waals surface area contributed by atoms with E-state index in [9.17, 15) is 9.59 Å². The van der Waals surface area contributed by atoms with Gasteiger partial charge in [0.2, 0.25) is 11.8 Å². The van der Waals surface area contributed by atoms with E-state index < -0.39 is 0 Å². The van der Waals surface area contributed by atoms with Crippen LogP contribution in [0.25, 0.3) is 0 Å². The van der Waals surface area contributed by atoms with E-state index >= 15 is 0 Å². The quantitative estimate of drug-likeness (QED) is 0.814. The van der Waals surface area contributed by atoms with Gasteiger partial charge in [-0.25, -0.2) is 0 Å². The van der Waals surface area contributed by atoms with Gasteiger partial charge in [0.15, 0.2) is 0 Å². The second-order valence-corrected chi connectivity index (χ2v) is 7.50. The monoisotopic (exact) mass is 379 g/mol. The lowest BCUT2D eigenvalue weighted by Crippen LogP contribution is -2.49. The van der Waals surface area contributed by atoms with Crippen LogP contribution in [-0.2, 0) is 15.0 Å². The molecule has 1 heterocycles. The third-order valence-corrected chi connectivity index (χ3v) is 5.36. The van der Waals surface area contributed by atoms with Crippen molar-refractivity contribution in [2.75, 3.05) is 19.6 Å². The standard InChI is InChI=1S/C17H22BrN3O2/c18-13-3-1-2-12(10-13)17(6-7-17)16(23)20-14-4-8-21(9-5-14)11-15(19)22/h1-3,10,14H,4-9,11H2,(H2,19,22)(H,20,23). The van der Waals surface area contributed by atoms with Crippen LogP contribution in [0.1, 0.15) is 31.2 Å². The summed E-state index contributed by atoms with van der Waals surface area (Å²) in [6, 6.07) is 8.23. The Morgan fingerprint density at radius 3 is 2.57 bits per heavy atom. The topological polar surface area (TPSA) is 75.4 Å². The highest BCUT2D eigenvalue weighted by atomic mass is 79.9. The van der Waals surface area contributed by atoms with Gasteiger partial charge in [-0.05, 0) is 43.4 Å². The third kappa shape index (κ3) is 3.75. The van der Waals surface area contributed by atoms with Crippen molar-refractivity contribution in [3.63, 3.8) is 0 Å². The minimum absolute atomic E-state index is 0.143. The van der Waals surface area contributed by atoms with E-state index in [4.69, 9.17) is 5.73 Å². The van der Waals surface area contributed by atoms with Crippen molar-refractivity contribution < 1.29 is 9.59 Å². The number of nitrogens with two attached hydrogens (primary N) is 1. The fraction of sp³-hybridized carbons (Fsp3) is 0.529. The summed E-state index contributed by atoms with van der Waals surface area (Å²) in [5.41, 5.74) is 5.98. The molecule has 1 aromatic carbocycles. The maximum atomic E-state index is 12.8. The summed E-state index contributed by atoms with van der Waals surface area (Å²) >= 11 is 3.48. The number of amides is 2. The highest BCUT2D eigenvalue weighted by molar-refractivity contribution is 9.10. The predicted molar refractivity (Wildman–Crippen MR) is 91.9 cm³/mol. The Bertz CT molecular complexity index is 608. The van der Waals surface area contributed by atoms with E-state index in [0.29, 0.717) is 6.54 Å². The average Bonchev–Trinajstić information content (AvgIpc) is 3.30. The zero-order valence-electron chi connectivity index (χ0n) is 13.1. The SMILES string of the molecule is NC(=O)CN1CCC(NC(=O)C2(c3cccc(Br)c3)CC2)CC1. The van der Waals surface area contributed by atoms with Gasteiger partial charge in [-0.15, -0.1) is 0 Å². The molecule has 2 aliphatic rings. The van der Waals surface area contributed by atoms with E-state index in [1.165, 1.54) is 0 Å². The first kappa shape index (κ1) is 16.5. The van der Waals surface area contributed by atoms with Gasteiger partial charge >= 0.3 is 0 Å². The molecule has 0 bridgehead atoms. The molecule has 3 N–H and O–H groups in total. The molecule has 1 saturated carbocycles. The minimum atomic E-state index is -0.339. The molecule has 6 heteroatoms. The van der Waals surface area contributed by atoms with Crippen molar-refractivity contribution in [3.8, 4) is 0 Å². The number of nitrogens with one attached hydrogen (secondary N) is 1. The van der Waals surface area contributed by atoms with Crippen LogP contribution >= 0.6 is 15.9 Å². The summed E-state index contributed by atoms with van der Waals surface area (Å²) in [6.45, 7) is 1.91. The summed E-state index contributed by atoms with van der Waals surface area (Å²) in [7, 11) is 0. The van der Waals surface area contributed by atoms with Crippen molar-refractivity contribution in [2.45, 2.75) is 37.1 Å². The van der Waals surface area contributed by atoms with Crippen molar-refractivity contribution >= 4 is 27.7 Å². The van der Waals surface area contributed by atoms with Gasteiger partial charge in [0.25, 0.3) is 0 Å². The molecule has 124 valence electrons. The Hall–Kier alpha value is -1.40. The van der Waals surface area contributed by atoms with E-state index in [0.717, 1.165) is 48.8 Å². The Morgan fingerprint density at radius 2 is 2.00 bits per heavy atom. The van der Waals surface area contributed by atoms with E-state index in [1.807, 2.05) is 29.2 Å². The zero-order chi connectivity index (χ0) is 16.4. The Morgan fingerprint density at radius 1 is 1.30 bits per heavy atom. The van der Waals surface area contributed by atoms with Gasteiger partial charge in [0.1, 0.15) is 0 Å². The first-order valence-electron chi connectivity index (χ1n) is 8.07. The van der Waals surface area contributed by atoms with Gasteiger partial charge in [-0.3, -0.25) is 14.5 Å². The number of primary amides is 1. The van der Waals surface area contributed by atoms with Crippen molar-refractivity contribution in [1.82, 2.24) is 10.2 Å². The van der Waals surface area contributed by atoms with Crippen LogP contribution in [0.5, 0.6) is 0 Å². The maximum absolute atomic E-state index is 12.8. The summed E-state index contributed by atoms with van der Waals surface area (Å²) in [5, 5.41) is 3.22. The summed E-state index contributed by atoms with van der Waals surface area (Å²) in [5.74, 6) is -0.150. The Balaban J connectivity index is 1.57. The van der Waals surface area contributed by atoms with Crippen molar-refractivity contribution in [3.05, 3.63) is 34.3 Å². The van der Waals surface area contributed by atoms with Crippen LogP contribution in [0.15, 0.2) is 28.7 Å². The number of benzene rings is 1. The molecule has 0 aromatic heterocycles.